The van der Waals surface area contributed by atoms with Crippen LogP contribution in [0.1, 0.15) is 90.1 Å². The number of hydrogen-bond donors (Lipinski definition) is 4. The van der Waals surface area contributed by atoms with E-state index in [2.05, 4.69) is 32.2 Å². The number of rotatable bonds is 8. The summed E-state index contributed by atoms with van der Waals surface area (Å²) in [6.07, 6.45) is 7.70. The van der Waals surface area contributed by atoms with Crippen LogP contribution in [0.5, 0.6) is 17.2 Å². The number of amides is 2. The van der Waals surface area contributed by atoms with E-state index in [1.807, 2.05) is 0 Å². The van der Waals surface area contributed by atoms with Gasteiger partial charge in [0.1, 0.15) is 41.7 Å². The predicted octanol–water partition coefficient (Wildman–Crippen LogP) is 7.29. The van der Waals surface area contributed by atoms with Gasteiger partial charge in [0.25, 0.3) is 11.8 Å². The van der Waals surface area contributed by atoms with E-state index in [1.54, 1.807) is 42.5 Å². The molecular formula is C56H45Cl2N4O10+. The number of anilines is 1. The van der Waals surface area contributed by atoms with Crippen molar-refractivity contribution in [1.29, 1.82) is 0 Å². The first-order valence-electron chi connectivity index (χ1n) is 24.0. The van der Waals surface area contributed by atoms with Crippen LogP contribution in [-0.2, 0) is 35.3 Å². The molecule has 0 aromatic heterocycles. The third kappa shape index (κ3) is 7.96. The van der Waals surface area contributed by atoms with Crippen molar-refractivity contribution in [2.45, 2.75) is 51.4 Å². The molecule has 1 aliphatic carbocycles. The number of benzene rings is 6. The third-order valence-electron chi connectivity index (χ3n) is 14.4. The van der Waals surface area contributed by atoms with Crippen molar-refractivity contribution < 1.29 is 43.3 Å². The van der Waals surface area contributed by atoms with Crippen molar-refractivity contribution in [1.82, 2.24) is 15.2 Å². The highest BCUT2D eigenvalue weighted by Crippen LogP contribution is 2.50. The summed E-state index contributed by atoms with van der Waals surface area (Å²) in [5, 5.41) is 29.4. The molecule has 16 heteroatoms. The number of nitrogens with one attached hydrogen (secondary N) is 2. The number of carboxylic acid groups (broad SMARTS) is 1. The molecule has 0 saturated carbocycles. The Labute approximate surface area is 421 Å². The van der Waals surface area contributed by atoms with Gasteiger partial charge in [-0.2, -0.15) is 9.59 Å². The number of phenolic OH excluding ortho intramolecular Hbond substituents is 1. The normalized spacial score (nSPS) is 14.9. The van der Waals surface area contributed by atoms with Gasteiger partial charge in [-0.25, -0.2) is 9.37 Å². The first-order chi connectivity index (χ1) is 34.9. The van der Waals surface area contributed by atoms with Crippen molar-refractivity contribution in [3.8, 4) is 39.7 Å². The van der Waals surface area contributed by atoms with Gasteiger partial charge < -0.3 is 34.9 Å². The van der Waals surface area contributed by atoms with Gasteiger partial charge in [0, 0.05) is 112 Å². The minimum Gasteiger partial charge on any atom is -0.508 e. The molecule has 0 radical (unpaired) electrons. The van der Waals surface area contributed by atoms with Crippen molar-refractivity contribution in [2.24, 2.45) is 0 Å². The summed E-state index contributed by atoms with van der Waals surface area (Å²) in [6.45, 7) is 4.00. The zero-order chi connectivity index (χ0) is 49.9. The summed E-state index contributed by atoms with van der Waals surface area (Å²) < 4.78 is 15.6. The van der Waals surface area contributed by atoms with Gasteiger partial charge in [-0.3, -0.25) is 14.4 Å². The Morgan fingerprint density at radius 1 is 0.750 bits per heavy atom. The monoisotopic (exact) mass is 1000 g/mol. The van der Waals surface area contributed by atoms with Gasteiger partial charge in [0.2, 0.25) is 5.36 Å². The molecule has 4 N–H and O–H groups in total. The van der Waals surface area contributed by atoms with E-state index in [-0.39, 0.29) is 63.1 Å². The second kappa shape index (κ2) is 18.8. The number of hydrogen-bond acceptors (Lipinski definition) is 10. The molecule has 72 heavy (non-hydrogen) atoms. The highest BCUT2D eigenvalue weighted by Gasteiger charge is 2.38. The Hall–Kier alpha value is -7.77. The van der Waals surface area contributed by atoms with Crippen molar-refractivity contribution in [3.63, 3.8) is 0 Å². The van der Waals surface area contributed by atoms with E-state index in [0.29, 0.717) is 28.0 Å². The molecule has 2 amide bonds. The topological polar surface area (TPSA) is 196 Å². The van der Waals surface area contributed by atoms with Crippen LogP contribution in [0.2, 0.25) is 10.0 Å². The largest absolute Gasteiger partial charge is 0.508 e. The number of carboxylic acids is 1. The van der Waals surface area contributed by atoms with Crippen LogP contribution in [0.4, 0.5) is 5.69 Å². The Morgan fingerprint density at radius 3 is 2.22 bits per heavy atom. The van der Waals surface area contributed by atoms with E-state index < -0.39 is 11.9 Å². The second-order valence-electron chi connectivity index (χ2n) is 18.6. The Bertz CT molecular complexity index is 3690. The van der Waals surface area contributed by atoms with Crippen LogP contribution in [0, 0.1) is 0 Å². The van der Waals surface area contributed by atoms with Crippen LogP contribution in [-0.4, -0.2) is 73.4 Å². The lowest BCUT2D eigenvalue weighted by Crippen LogP contribution is -2.45. The van der Waals surface area contributed by atoms with Crippen LogP contribution in [0.15, 0.2) is 88.1 Å². The zero-order valence-corrected chi connectivity index (χ0v) is 40.2. The minimum absolute atomic E-state index is 0.00603. The molecule has 12 rings (SSSR count). The molecule has 6 heterocycles. The van der Waals surface area contributed by atoms with Crippen molar-refractivity contribution >= 4 is 69.4 Å². The number of aryl methyl sites for hydroxylation is 2. The quantitative estimate of drug-likeness (QED) is 0.0679. The van der Waals surface area contributed by atoms with Crippen LogP contribution in [0.25, 0.3) is 39.0 Å². The summed E-state index contributed by atoms with van der Waals surface area (Å²) in [4.78, 5) is 71.7. The van der Waals surface area contributed by atoms with Crippen LogP contribution < -0.4 is 40.9 Å². The van der Waals surface area contributed by atoms with Gasteiger partial charge in [-0.1, -0.05) is 35.3 Å². The molecule has 0 spiro atoms. The molecular weight excluding hydrogens is 960 g/mol. The zero-order valence-electron chi connectivity index (χ0n) is 38.7. The Balaban J connectivity index is 0.00000182. The van der Waals surface area contributed by atoms with Crippen molar-refractivity contribution in [3.05, 3.63) is 160 Å². The molecule has 0 fully saturated rings. The fourth-order valence-electron chi connectivity index (χ4n) is 11.5. The fourth-order valence-corrected chi connectivity index (χ4v) is 12.1. The lowest BCUT2D eigenvalue weighted by molar-refractivity contribution is -0.191. The molecule has 6 aliphatic heterocycles. The van der Waals surface area contributed by atoms with E-state index in [4.69, 9.17) is 41.9 Å². The number of fused-ring (bicyclic) bond motifs is 6. The van der Waals surface area contributed by atoms with Gasteiger partial charge in [0.05, 0.1) is 26.7 Å². The minimum atomic E-state index is -1.32. The number of halogens is 2. The molecule has 7 aliphatic rings. The van der Waals surface area contributed by atoms with Crippen LogP contribution in [0.3, 0.4) is 0 Å². The Morgan fingerprint density at radius 2 is 1.46 bits per heavy atom. The molecule has 14 nitrogen and oxygen atoms in total. The van der Waals surface area contributed by atoms with Gasteiger partial charge in [0.15, 0.2) is 5.43 Å². The average Bonchev–Trinajstić information content (AvgIpc) is 3.37. The van der Waals surface area contributed by atoms with Gasteiger partial charge >= 0.3 is 12.1 Å². The summed E-state index contributed by atoms with van der Waals surface area (Å²) in [5.74, 6) is -0.470. The maximum absolute atomic E-state index is 13.9. The smallest absolute Gasteiger partial charge is 0.373 e. The fraction of sp³-hybridized carbons (Fsp3) is 0.250. The SMILES string of the molecule is O=C(NCCNC(=O)c1cc(Cl)c(C2=c3cc4c5c(c3Oc3c2cc2c6c3CCCN6CCC2)CCC[N+]=5CCC4)c(C(=O)O)c1Cl)c1ccc(-c2c3ccc(=O)cc-3oc3cc(O)ccc23)cc1.O=C=O. The highest BCUT2D eigenvalue weighted by atomic mass is 35.5. The van der Waals surface area contributed by atoms with E-state index in [1.165, 1.54) is 46.4 Å². The Kier molecular flexibility index (Phi) is 12.1. The van der Waals surface area contributed by atoms with E-state index in [9.17, 15) is 29.4 Å². The molecule has 0 atom stereocenters. The maximum Gasteiger partial charge on any atom is 0.373 e. The van der Waals surface area contributed by atoms with Gasteiger partial charge in [-0.15, -0.1) is 0 Å². The molecule has 0 unspecified atom stereocenters. The first kappa shape index (κ1) is 46.6. The summed E-state index contributed by atoms with van der Waals surface area (Å²) in [7, 11) is 0. The molecule has 0 saturated heterocycles. The van der Waals surface area contributed by atoms with E-state index >= 15 is 0 Å². The summed E-state index contributed by atoms with van der Waals surface area (Å²) in [6, 6.07) is 22.1. The first-order valence-corrected chi connectivity index (χ1v) is 24.7. The number of carbonyl (C=O) groups excluding carboxylic acids is 4. The lowest BCUT2D eigenvalue weighted by atomic mass is 9.81. The van der Waals surface area contributed by atoms with Crippen molar-refractivity contribution in [2.75, 3.05) is 44.2 Å². The molecule has 0 bridgehead atoms. The number of ether oxygens (including phenoxy) is 1. The highest BCUT2D eigenvalue weighted by molar-refractivity contribution is 6.40. The summed E-state index contributed by atoms with van der Waals surface area (Å²) >= 11 is 14.4. The van der Waals surface area contributed by atoms with Crippen LogP contribution >= 0.6 is 23.2 Å². The third-order valence-corrected chi connectivity index (χ3v) is 15.1. The second-order valence-corrected chi connectivity index (χ2v) is 19.4. The summed E-state index contributed by atoms with van der Waals surface area (Å²) in [5.41, 5.74) is 10.1. The number of phenols is 1. The molecule has 362 valence electrons. The number of aromatic hydroxyl groups is 1. The number of aromatic carboxylic acids is 1. The molecule has 5 aromatic carbocycles. The maximum atomic E-state index is 13.9. The standard InChI is InChI=1S/C55H44Cl2N4O8.CO2/c56-41-27-40(54(65)59-18-17-58-53(64)29-11-9-28(10-12-29)44-34-15-13-32(62)25-42(34)68-43-26-33(63)14-16-35(43)44)48(57)47(55(66)67)46(41)45-38-23-30-5-1-19-60-21-3-7-36(49(30)60)51(38)69-52-37-8-4-22-61-20-2-6-31(50(37)61)24-39(45)52;2-1-3/h9-16,23-27H,1-8,17-22H2,(H3-,58,59,62,63,64,65,66,67);/p+1. The molecule has 5 aromatic rings. The van der Waals surface area contributed by atoms with E-state index in [0.717, 1.165) is 127 Å². The number of carbonyl (C=O) groups is 3. The lowest BCUT2D eigenvalue weighted by Gasteiger charge is -2.39. The van der Waals surface area contributed by atoms with Gasteiger partial charge in [-0.05, 0) is 104 Å². The number of nitrogens with zero attached hydrogens (tertiary/aromatic N) is 2. The average molecular weight is 1000 g/mol. The predicted molar refractivity (Wildman–Crippen MR) is 270 cm³/mol.